The van der Waals surface area contributed by atoms with Crippen LogP contribution in [0.4, 0.5) is 0 Å². The smallest absolute Gasteiger partial charge is 0.338 e. The van der Waals surface area contributed by atoms with Gasteiger partial charge in [-0.3, -0.25) is 0 Å². The van der Waals surface area contributed by atoms with Crippen molar-refractivity contribution in [2.75, 3.05) is 6.61 Å². The Balaban J connectivity index is 2.54. The Bertz CT molecular complexity index is 505. The minimum atomic E-state index is -0.217. The average molecular weight is 244 g/mol. The molecule has 0 saturated carbocycles. The molecule has 1 aliphatic carbocycles. The molecule has 0 spiro atoms. The van der Waals surface area contributed by atoms with Crippen molar-refractivity contribution in [3.63, 3.8) is 0 Å². The molecule has 1 aliphatic rings. The number of hydrogen-bond donors (Lipinski definition) is 0. The number of ether oxygens (including phenoxy) is 1. The van der Waals surface area contributed by atoms with Crippen molar-refractivity contribution in [1.82, 2.24) is 0 Å². The first kappa shape index (κ1) is 12.9. The summed E-state index contributed by atoms with van der Waals surface area (Å²) in [4.78, 5) is 12.1. The van der Waals surface area contributed by atoms with Gasteiger partial charge in [-0.1, -0.05) is 39.0 Å². The first-order valence-corrected chi connectivity index (χ1v) is 6.44. The fourth-order valence-electron chi connectivity index (χ4n) is 2.30. The molecule has 0 radical (unpaired) electrons. The van der Waals surface area contributed by atoms with Crippen molar-refractivity contribution in [3.05, 3.63) is 40.5 Å². The highest BCUT2D eigenvalue weighted by Crippen LogP contribution is 2.32. The van der Waals surface area contributed by atoms with Crippen molar-refractivity contribution < 1.29 is 9.53 Å². The molecule has 0 N–H and O–H groups in total. The fourth-order valence-corrected chi connectivity index (χ4v) is 2.30. The van der Waals surface area contributed by atoms with Gasteiger partial charge in [0.15, 0.2) is 0 Å². The van der Waals surface area contributed by atoms with E-state index in [1.165, 1.54) is 5.56 Å². The molecule has 1 aromatic rings. The summed E-state index contributed by atoms with van der Waals surface area (Å²) in [7, 11) is 0. The predicted molar refractivity (Wildman–Crippen MR) is 73.8 cm³/mol. The number of benzene rings is 1. The molecule has 0 aliphatic heterocycles. The summed E-state index contributed by atoms with van der Waals surface area (Å²) in [5.74, 6) is -0.217. The van der Waals surface area contributed by atoms with E-state index < -0.39 is 0 Å². The number of carbonyl (C=O) groups is 1. The van der Waals surface area contributed by atoms with Gasteiger partial charge in [-0.2, -0.15) is 0 Å². The Morgan fingerprint density at radius 1 is 1.33 bits per heavy atom. The lowest BCUT2D eigenvalue weighted by Gasteiger charge is -2.23. The molecule has 0 fully saturated rings. The van der Waals surface area contributed by atoms with E-state index in [0.29, 0.717) is 12.2 Å². The number of hydrogen-bond acceptors (Lipinski definition) is 2. The molecule has 18 heavy (non-hydrogen) atoms. The van der Waals surface area contributed by atoms with Crippen molar-refractivity contribution in [2.45, 2.75) is 39.5 Å². The van der Waals surface area contributed by atoms with Gasteiger partial charge in [-0.25, -0.2) is 4.79 Å². The molecule has 96 valence electrons. The van der Waals surface area contributed by atoms with Crippen LogP contribution >= 0.6 is 0 Å². The second kappa shape index (κ2) is 4.60. The van der Waals surface area contributed by atoms with Gasteiger partial charge >= 0.3 is 5.97 Å². The monoisotopic (exact) mass is 244 g/mol. The number of fused-ring (bicyclic) bond motifs is 1. The van der Waals surface area contributed by atoms with E-state index in [4.69, 9.17) is 4.74 Å². The zero-order valence-electron chi connectivity index (χ0n) is 11.5. The summed E-state index contributed by atoms with van der Waals surface area (Å²) in [6.07, 6.45) is 5.16. The van der Waals surface area contributed by atoms with Gasteiger partial charge in [-0.15, -0.1) is 0 Å². The molecular weight excluding hydrogens is 224 g/mol. The van der Waals surface area contributed by atoms with Gasteiger partial charge in [0.25, 0.3) is 0 Å². The largest absolute Gasteiger partial charge is 0.462 e. The molecule has 0 saturated heterocycles. The van der Waals surface area contributed by atoms with Crippen LogP contribution in [-0.4, -0.2) is 12.6 Å². The van der Waals surface area contributed by atoms with Crippen molar-refractivity contribution in [2.24, 2.45) is 0 Å². The topological polar surface area (TPSA) is 26.3 Å². The standard InChI is InChI=1S/C16H20O2/c1-5-18-15(17)13-9-11-7-6-8-12(11)10-14(13)16(2,3)4/h6-7,9-10H,5,8H2,1-4H3. The molecular formula is C16H20O2. The average Bonchev–Trinajstić information content (AvgIpc) is 2.73. The van der Waals surface area contributed by atoms with Crippen LogP contribution in [0.3, 0.4) is 0 Å². The minimum Gasteiger partial charge on any atom is -0.462 e. The molecule has 0 atom stereocenters. The highest BCUT2D eigenvalue weighted by molar-refractivity contribution is 5.93. The van der Waals surface area contributed by atoms with Gasteiger partial charge in [0, 0.05) is 0 Å². The Morgan fingerprint density at radius 3 is 2.67 bits per heavy atom. The normalized spacial score (nSPS) is 13.6. The van der Waals surface area contributed by atoms with Crippen LogP contribution in [-0.2, 0) is 16.6 Å². The van der Waals surface area contributed by atoms with Crippen LogP contribution < -0.4 is 0 Å². The van der Waals surface area contributed by atoms with Gasteiger partial charge in [0.2, 0.25) is 0 Å². The number of carbonyl (C=O) groups excluding carboxylic acids is 1. The van der Waals surface area contributed by atoms with Crippen molar-refractivity contribution >= 4 is 12.0 Å². The van der Waals surface area contributed by atoms with E-state index in [-0.39, 0.29) is 11.4 Å². The van der Waals surface area contributed by atoms with Crippen LogP contribution in [0.15, 0.2) is 18.2 Å². The van der Waals surface area contributed by atoms with Crippen LogP contribution in [0, 0.1) is 0 Å². The Kier molecular flexibility index (Phi) is 3.29. The zero-order chi connectivity index (χ0) is 13.3. The maximum Gasteiger partial charge on any atom is 0.338 e. The molecule has 2 nitrogen and oxygen atoms in total. The maximum atomic E-state index is 12.1. The van der Waals surface area contributed by atoms with Gasteiger partial charge in [0.1, 0.15) is 0 Å². The Labute approximate surface area is 109 Å². The van der Waals surface area contributed by atoms with Crippen LogP contribution in [0.5, 0.6) is 0 Å². The Morgan fingerprint density at radius 2 is 2.06 bits per heavy atom. The predicted octanol–water partition coefficient (Wildman–Crippen LogP) is 3.73. The van der Waals surface area contributed by atoms with Crippen LogP contribution in [0.2, 0.25) is 0 Å². The highest BCUT2D eigenvalue weighted by Gasteiger charge is 2.24. The lowest BCUT2D eigenvalue weighted by atomic mass is 9.82. The molecule has 0 amide bonds. The molecule has 1 aromatic carbocycles. The van der Waals surface area contributed by atoms with E-state index in [1.54, 1.807) is 0 Å². The number of allylic oxidation sites excluding steroid dienone is 1. The summed E-state index contributed by atoms with van der Waals surface area (Å²) >= 11 is 0. The van der Waals surface area contributed by atoms with Crippen LogP contribution in [0.25, 0.3) is 6.08 Å². The molecule has 0 unspecified atom stereocenters. The number of rotatable bonds is 2. The van der Waals surface area contributed by atoms with E-state index >= 15 is 0 Å². The third-order valence-electron chi connectivity index (χ3n) is 3.22. The van der Waals surface area contributed by atoms with E-state index in [2.05, 4.69) is 39.0 Å². The summed E-state index contributed by atoms with van der Waals surface area (Å²) in [5, 5.41) is 0. The van der Waals surface area contributed by atoms with Gasteiger partial charge < -0.3 is 4.74 Å². The summed E-state index contributed by atoms with van der Waals surface area (Å²) in [5.41, 5.74) is 4.16. The third-order valence-corrected chi connectivity index (χ3v) is 3.22. The molecule has 0 bridgehead atoms. The van der Waals surface area contributed by atoms with Crippen LogP contribution in [0.1, 0.15) is 54.7 Å². The number of esters is 1. The molecule has 2 heteroatoms. The third kappa shape index (κ3) is 2.33. The van der Waals surface area contributed by atoms with Gasteiger partial charge in [-0.05, 0) is 41.5 Å². The zero-order valence-corrected chi connectivity index (χ0v) is 11.5. The van der Waals surface area contributed by atoms with Crippen molar-refractivity contribution in [1.29, 1.82) is 0 Å². The SMILES string of the molecule is CCOC(=O)c1cc2c(cc1C(C)(C)C)CC=C2. The van der Waals surface area contributed by atoms with Gasteiger partial charge in [0.05, 0.1) is 12.2 Å². The molecule has 2 rings (SSSR count). The lowest BCUT2D eigenvalue weighted by molar-refractivity contribution is 0.0523. The van der Waals surface area contributed by atoms with E-state index in [9.17, 15) is 4.79 Å². The Hall–Kier alpha value is -1.57. The molecule has 0 aromatic heterocycles. The molecule has 0 heterocycles. The second-order valence-electron chi connectivity index (χ2n) is 5.67. The summed E-state index contributed by atoms with van der Waals surface area (Å²) in [6, 6.07) is 4.12. The lowest BCUT2D eigenvalue weighted by Crippen LogP contribution is -2.19. The summed E-state index contributed by atoms with van der Waals surface area (Å²) in [6.45, 7) is 8.62. The second-order valence-corrected chi connectivity index (χ2v) is 5.67. The quantitative estimate of drug-likeness (QED) is 0.741. The maximum absolute atomic E-state index is 12.1. The first-order chi connectivity index (χ1) is 8.43. The first-order valence-electron chi connectivity index (χ1n) is 6.44. The van der Waals surface area contributed by atoms with E-state index in [0.717, 1.165) is 17.5 Å². The fraction of sp³-hybridized carbons (Fsp3) is 0.438. The minimum absolute atomic E-state index is 0.0558. The van der Waals surface area contributed by atoms with Crippen molar-refractivity contribution in [3.8, 4) is 0 Å². The summed E-state index contributed by atoms with van der Waals surface area (Å²) < 4.78 is 5.16. The highest BCUT2D eigenvalue weighted by atomic mass is 16.5. The van der Waals surface area contributed by atoms with E-state index in [1.807, 2.05) is 13.0 Å².